The number of amides is 1. The number of ether oxygens (including phenoxy) is 2. The first-order valence-corrected chi connectivity index (χ1v) is 9.42. The number of likely N-dealkylation sites (tertiary alicyclic amines) is 1. The number of carbonyl (C=O) groups is 1. The van der Waals surface area contributed by atoms with Crippen LogP contribution in [-0.2, 0) is 11.3 Å². The monoisotopic (exact) mass is 373 g/mol. The largest absolute Gasteiger partial charge is 0.488 e. The molecule has 5 heteroatoms. The van der Waals surface area contributed by atoms with Crippen LogP contribution in [0.2, 0.25) is 5.02 Å². The Kier molecular flexibility index (Phi) is 6.53. The van der Waals surface area contributed by atoms with Gasteiger partial charge in [-0.3, -0.25) is 4.79 Å². The average Bonchev–Trinajstić information content (AvgIpc) is 2.68. The first-order chi connectivity index (χ1) is 12.7. The lowest BCUT2D eigenvalue weighted by atomic mass is 10.1. The minimum Gasteiger partial charge on any atom is -0.488 e. The van der Waals surface area contributed by atoms with E-state index in [0.717, 1.165) is 38.1 Å². The Morgan fingerprint density at radius 2 is 1.81 bits per heavy atom. The van der Waals surface area contributed by atoms with Gasteiger partial charge in [-0.2, -0.15) is 0 Å². The third kappa shape index (κ3) is 4.77. The Morgan fingerprint density at radius 1 is 1.12 bits per heavy atom. The van der Waals surface area contributed by atoms with Crippen molar-refractivity contribution in [1.29, 1.82) is 0 Å². The lowest BCUT2D eigenvalue weighted by Gasteiger charge is -2.32. The van der Waals surface area contributed by atoms with E-state index in [-0.39, 0.29) is 12.0 Å². The first kappa shape index (κ1) is 18.7. The van der Waals surface area contributed by atoms with Gasteiger partial charge in [0.1, 0.15) is 12.4 Å². The van der Waals surface area contributed by atoms with Crippen LogP contribution in [0.5, 0.6) is 5.75 Å². The average molecular weight is 374 g/mol. The number of rotatable bonds is 6. The van der Waals surface area contributed by atoms with E-state index in [9.17, 15) is 4.79 Å². The molecule has 0 atom stereocenters. The molecule has 26 heavy (non-hydrogen) atoms. The maximum absolute atomic E-state index is 12.9. The Hall–Kier alpha value is -2.04. The smallest absolute Gasteiger partial charge is 0.257 e. The summed E-state index contributed by atoms with van der Waals surface area (Å²) in [6.45, 7) is 4.56. The summed E-state index contributed by atoms with van der Waals surface area (Å²) in [5.41, 5.74) is 1.62. The minimum atomic E-state index is 0.0201. The minimum absolute atomic E-state index is 0.0201. The zero-order valence-corrected chi connectivity index (χ0v) is 15.7. The van der Waals surface area contributed by atoms with Crippen LogP contribution in [0.3, 0.4) is 0 Å². The Labute approximate surface area is 159 Å². The van der Waals surface area contributed by atoms with Gasteiger partial charge in [0.2, 0.25) is 0 Å². The quantitative estimate of drug-likeness (QED) is 0.745. The van der Waals surface area contributed by atoms with Gasteiger partial charge in [-0.1, -0.05) is 35.9 Å². The molecule has 0 unspecified atom stereocenters. The number of piperidine rings is 1. The Bertz CT molecular complexity index is 724. The van der Waals surface area contributed by atoms with Gasteiger partial charge >= 0.3 is 0 Å². The number of carbonyl (C=O) groups excluding carboxylic acids is 1. The molecule has 1 aliphatic heterocycles. The lowest BCUT2D eigenvalue weighted by Crippen LogP contribution is -2.41. The summed E-state index contributed by atoms with van der Waals surface area (Å²) in [5.74, 6) is 0.631. The van der Waals surface area contributed by atoms with Gasteiger partial charge in [0.25, 0.3) is 5.91 Å². The van der Waals surface area contributed by atoms with Gasteiger partial charge in [-0.05, 0) is 49.6 Å². The molecule has 0 aromatic heterocycles. The predicted octanol–water partition coefficient (Wildman–Crippen LogP) is 4.56. The van der Waals surface area contributed by atoms with Gasteiger partial charge in [0, 0.05) is 24.7 Å². The second-order valence-electron chi connectivity index (χ2n) is 6.36. The number of hydrogen-bond acceptors (Lipinski definition) is 3. The number of nitrogens with zero attached hydrogens (tertiary/aromatic N) is 1. The molecule has 2 aromatic carbocycles. The van der Waals surface area contributed by atoms with Crippen molar-refractivity contribution in [2.45, 2.75) is 32.5 Å². The van der Waals surface area contributed by atoms with Crippen LogP contribution in [0.1, 0.15) is 35.7 Å². The van der Waals surface area contributed by atoms with Gasteiger partial charge in [0.05, 0.1) is 11.7 Å². The van der Waals surface area contributed by atoms with Crippen molar-refractivity contribution in [3.05, 3.63) is 64.7 Å². The van der Waals surface area contributed by atoms with Gasteiger partial charge in [-0.15, -0.1) is 0 Å². The maximum atomic E-state index is 12.9. The fourth-order valence-corrected chi connectivity index (χ4v) is 3.27. The molecular weight excluding hydrogens is 350 g/mol. The SMILES string of the molecule is CCOC1CCN(C(=O)c2ccccc2OCc2ccc(Cl)cc2)CC1. The van der Waals surface area contributed by atoms with E-state index in [0.29, 0.717) is 22.9 Å². The number of benzene rings is 2. The second kappa shape index (κ2) is 9.06. The van der Waals surface area contributed by atoms with E-state index in [1.807, 2.05) is 60.4 Å². The van der Waals surface area contributed by atoms with Crippen molar-refractivity contribution in [2.75, 3.05) is 19.7 Å². The molecule has 1 amide bonds. The molecule has 3 rings (SSSR count). The summed E-state index contributed by atoms with van der Waals surface area (Å²) in [4.78, 5) is 14.8. The van der Waals surface area contributed by atoms with E-state index < -0.39 is 0 Å². The van der Waals surface area contributed by atoms with Crippen molar-refractivity contribution < 1.29 is 14.3 Å². The van der Waals surface area contributed by atoms with Crippen LogP contribution in [0.25, 0.3) is 0 Å². The highest BCUT2D eigenvalue weighted by Gasteiger charge is 2.25. The summed E-state index contributed by atoms with van der Waals surface area (Å²) < 4.78 is 11.6. The third-order valence-electron chi connectivity index (χ3n) is 4.56. The summed E-state index contributed by atoms with van der Waals surface area (Å²) in [6, 6.07) is 14.9. The molecule has 2 aromatic rings. The topological polar surface area (TPSA) is 38.8 Å². The molecular formula is C21H24ClNO3. The van der Waals surface area contributed by atoms with E-state index in [4.69, 9.17) is 21.1 Å². The Balaban J connectivity index is 1.64. The fourth-order valence-electron chi connectivity index (χ4n) is 3.14. The molecule has 1 fully saturated rings. The summed E-state index contributed by atoms with van der Waals surface area (Å²) >= 11 is 5.91. The molecule has 4 nitrogen and oxygen atoms in total. The van der Waals surface area contributed by atoms with E-state index >= 15 is 0 Å². The molecule has 1 saturated heterocycles. The number of hydrogen-bond donors (Lipinski definition) is 0. The zero-order chi connectivity index (χ0) is 18.4. The molecule has 0 saturated carbocycles. The standard InChI is InChI=1S/C21H24ClNO3/c1-2-25-18-11-13-23(14-12-18)21(24)19-5-3-4-6-20(19)26-15-16-7-9-17(22)10-8-16/h3-10,18H,2,11-15H2,1H3. The highest BCUT2D eigenvalue weighted by molar-refractivity contribution is 6.30. The van der Waals surface area contributed by atoms with Crippen LogP contribution < -0.4 is 4.74 Å². The van der Waals surface area contributed by atoms with Crippen molar-refractivity contribution >= 4 is 17.5 Å². The summed E-state index contributed by atoms with van der Waals surface area (Å²) in [7, 11) is 0. The van der Waals surface area contributed by atoms with Crippen LogP contribution in [-0.4, -0.2) is 36.6 Å². The maximum Gasteiger partial charge on any atom is 0.257 e. The van der Waals surface area contributed by atoms with Crippen LogP contribution in [0, 0.1) is 0 Å². The molecule has 138 valence electrons. The fraction of sp³-hybridized carbons (Fsp3) is 0.381. The van der Waals surface area contributed by atoms with Crippen LogP contribution in [0.15, 0.2) is 48.5 Å². The van der Waals surface area contributed by atoms with Crippen LogP contribution >= 0.6 is 11.6 Å². The number of para-hydroxylation sites is 1. The van der Waals surface area contributed by atoms with Crippen molar-refractivity contribution in [1.82, 2.24) is 4.90 Å². The number of halogens is 1. The predicted molar refractivity (Wildman–Crippen MR) is 103 cm³/mol. The van der Waals surface area contributed by atoms with E-state index in [1.54, 1.807) is 0 Å². The molecule has 0 bridgehead atoms. The molecule has 0 N–H and O–H groups in total. The zero-order valence-electron chi connectivity index (χ0n) is 15.0. The van der Waals surface area contributed by atoms with Gasteiger partial charge in [0.15, 0.2) is 0 Å². The van der Waals surface area contributed by atoms with Gasteiger partial charge < -0.3 is 14.4 Å². The molecule has 0 spiro atoms. The van der Waals surface area contributed by atoms with E-state index in [1.165, 1.54) is 0 Å². The van der Waals surface area contributed by atoms with Crippen molar-refractivity contribution in [3.8, 4) is 5.75 Å². The summed E-state index contributed by atoms with van der Waals surface area (Å²) in [5, 5.41) is 0.694. The van der Waals surface area contributed by atoms with Crippen LogP contribution in [0.4, 0.5) is 0 Å². The molecule has 1 aliphatic rings. The van der Waals surface area contributed by atoms with Crippen molar-refractivity contribution in [2.24, 2.45) is 0 Å². The third-order valence-corrected chi connectivity index (χ3v) is 4.81. The summed E-state index contributed by atoms with van der Waals surface area (Å²) in [6.07, 6.45) is 2.03. The molecule has 0 aliphatic carbocycles. The second-order valence-corrected chi connectivity index (χ2v) is 6.79. The van der Waals surface area contributed by atoms with Gasteiger partial charge in [-0.25, -0.2) is 0 Å². The molecule has 1 heterocycles. The normalized spacial score (nSPS) is 15.1. The highest BCUT2D eigenvalue weighted by Crippen LogP contribution is 2.24. The first-order valence-electron chi connectivity index (χ1n) is 9.04. The Morgan fingerprint density at radius 3 is 2.50 bits per heavy atom. The molecule has 0 radical (unpaired) electrons. The highest BCUT2D eigenvalue weighted by atomic mass is 35.5. The van der Waals surface area contributed by atoms with Crippen molar-refractivity contribution in [3.63, 3.8) is 0 Å². The van der Waals surface area contributed by atoms with E-state index in [2.05, 4.69) is 0 Å². The lowest BCUT2D eigenvalue weighted by molar-refractivity contribution is 0.0145.